The zero-order valence-electron chi connectivity index (χ0n) is 13.5. The first-order valence-electron chi connectivity index (χ1n) is 7.83. The molecule has 7 heteroatoms. The maximum atomic E-state index is 4.29. The zero-order valence-corrected chi connectivity index (χ0v) is 14.3. The Bertz CT molecular complexity index is 400. The monoisotopic (exact) mass is 312 g/mol. The van der Waals surface area contributed by atoms with Crippen LogP contribution in [0.4, 0.5) is 5.00 Å². The van der Waals surface area contributed by atoms with Crippen LogP contribution in [0.25, 0.3) is 0 Å². The lowest BCUT2D eigenvalue weighted by molar-refractivity contribution is 0.120. The van der Waals surface area contributed by atoms with Gasteiger partial charge in [0.2, 0.25) is 0 Å². The Morgan fingerprint density at radius 2 is 1.90 bits per heavy atom. The number of hydrogen-bond donors (Lipinski definition) is 1. The third kappa shape index (κ3) is 5.50. The highest BCUT2D eigenvalue weighted by molar-refractivity contribution is 7.10. The Hall–Kier alpha value is -0.760. The van der Waals surface area contributed by atoms with Gasteiger partial charge in [0.1, 0.15) is 10.7 Å². The highest BCUT2D eigenvalue weighted by atomic mass is 32.1. The van der Waals surface area contributed by atoms with Crippen molar-refractivity contribution in [1.82, 2.24) is 24.3 Å². The normalized spacial score (nSPS) is 17.5. The van der Waals surface area contributed by atoms with E-state index in [1.54, 1.807) is 0 Å². The molecule has 1 N–H and O–H groups in total. The summed E-state index contributed by atoms with van der Waals surface area (Å²) in [5.74, 6) is 0. The van der Waals surface area contributed by atoms with Crippen LogP contribution in [-0.2, 0) is 6.54 Å². The Kier molecular flexibility index (Phi) is 6.82. The summed E-state index contributed by atoms with van der Waals surface area (Å²) in [6.07, 6.45) is 1.13. The minimum absolute atomic E-state index is 0.921. The largest absolute Gasteiger partial charge is 0.374 e. The molecular formula is C14H28N6S. The molecule has 0 saturated carbocycles. The van der Waals surface area contributed by atoms with Crippen molar-refractivity contribution < 1.29 is 0 Å². The Morgan fingerprint density at radius 3 is 2.57 bits per heavy atom. The van der Waals surface area contributed by atoms with Crippen molar-refractivity contribution in [3.8, 4) is 0 Å². The van der Waals surface area contributed by atoms with Gasteiger partial charge in [0.15, 0.2) is 0 Å². The Labute approximate surface area is 132 Å². The molecule has 1 aliphatic heterocycles. The number of piperazine rings is 1. The lowest BCUT2D eigenvalue weighted by Gasteiger charge is -2.34. The summed E-state index contributed by atoms with van der Waals surface area (Å²) in [5, 5.41) is 8.86. The van der Waals surface area contributed by atoms with Gasteiger partial charge in [0.25, 0.3) is 0 Å². The van der Waals surface area contributed by atoms with Crippen molar-refractivity contribution in [2.75, 3.05) is 65.2 Å². The second kappa shape index (κ2) is 8.63. The van der Waals surface area contributed by atoms with Gasteiger partial charge in [-0.3, -0.25) is 9.80 Å². The van der Waals surface area contributed by atoms with E-state index < -0.39 is 0 Å². The number of hydrogen-bond acceptors (Lipinski definition) is 7. The summed E-state index contributed by atoms with van der Waals surface area (Å²) in [4.78, 5) is 7.28. The molecule has 1 aromatic rings. The average molecular weight is 312 g/mol. The number of aromatic nitrogens is 2. The SMILES string of the molecule is CCCNc1snnc1CN1CCN(CCN(C)C)CC1. The molecule has 0 unspecified atom stereocenters. The molecule has 1 saturated heterocycles. The molecule has 0 atom stereocenters. The first kappa shape index (κ1) is 16.6. The van der Waals surface area contributed by atoms with Crippen LogP contribution in [0.5, 0.6) is 0 Å². The summed E-state index contributed by atoms with van der Waals surface area (Å²) >= 11 is 1.48. The number of nitrogens with zero attached hydrogens (tertiary/aromatic N) is 5. The van der Waals surface area contributed by atoms with Crippen LogP contribution in [0.2, 0.25) is 0 Å². The van der Waals surface area contributed by atoms with Gasteiger partial charge in [0, 0.05) is 63.9 Å². The van der Waals surface area contributed by atoms with Crippen molar-refractivity contribution in [2.45, 2.75) is 19.9 Å². The molecule has 0 amide bonds. The third-order valence-corrected chi connectivity index (χ3v) is 4.52. The Morgan fingerprint density at radius 1 is 1.19 bits per heavy atom. The third-order valence-electron chi connectivity index (χ3n) is 3.79. The van der Waals surface area contributed by atoms with Gasteiger partial charge in [0.05, 0.1) is 0 Å². The minimum Gasteiger partial charge on any atom is -0.374 e. The van der Waals surface area contributed by atoms with Gasteiger partial charge < -0.3 is 10.2 Å². The predicted molar refractivity (Wildman–Crippen MR) is 89.0 cm³/mol. The number of nitrogens with one attached hydrogen (secondary N) is 1. The zero-order chi connectivity index (χ0) is 15.1. The second-order valence-corrected chi connectivity index (χ2v) is 6.65. The van der Waals surface area contributed by atoms with E-state index in [2.05, 4.69) is 50.6 Å². The van der Waals surface area contributed by atoms with Crippen molar-refractivity contribution in [2.24, 2.45) is 0 Å². The molecule has 21 heavy (non-hydrogen) atoms. The maximum Gasteiger partial charge on any atom is 0.134 e. The van der Waals surface area contributed by atoms with E-state index in [0.717, 1.165) is 62.9 Å². The predicted octanol–water partition coefficient (Wildman–Crippen LogP) is 1.04. The van der Waals surface area contributed by atoms with E-state index in [1.807, 2.05) is 0 Å². The van der Waals surface area contributed by atoms with E-state index in [4.69, 9.17) is 0 Å². The molecule has 2 heterocycles. The molecule has 0 aromatic carbocycles. The second-order valence-electron chi connectivity index (χ2n) is 5.90. The smallest absolute Gasteiger partial charge is 0.134 e. The summed E-state index contributed by atoms with van der Waals surface area (Å²) in [5.41, 5.74) is 1.11. The van der Waals surface area contributed by atoms with Crippen LogP contribution in [0.15, 0.2) is 0 Å². The lowest BCUT2D eigenvalue weighted by Crippen LogP contribution is -2.47. The summed E-state index contributed by atoms with van der Waals surface area (Å²) < 4.78 is 4.09. The first-order valence-corrected chi connectivity index (χ1v) is 8.61. The molecule has 0 aliphatic carbocycles. The van der Waals surface area contributed by atoms with E-state index >= 15 is 0 Å². The van der Waals surface area contributed by atoms with Crippen molar-refractivity contribution in [3.63, 3.8) is 0 Å². The quantitative estimate of drug-likeness (QED) is 0.774. The molecule has 6 nitrogen and oxygen atoms in total. The van der Waals surface area contributed by atoms with Crippen LogP contribution in [0, 0.1) is 0 Å². The molecule has 0 bridgehead atoms. The molecule has 0 radical (unpaired) electrons. The standard InChI is InChI=1S/C14H28N6S/c1-4-5-15-14-13(16-17-21-14)12-20-10-8-19(9-11-20)7-6-18(2)3/h15H,4-12H2,1-3H3. The van der Waals surface area contributed by atoms with Crippen LogP contribution >= 0.6 is 11.5 Å². The highest BCUT2D eigenvalue weighted by Gasteiger charge is 2.19. The van der Waals surface area contributed by atoms with Gasteiger partial charge >= 0.3 is 0 Å². The molecule has 2 rings (SSSR count). The molecular weight excluding hydrogens is 284 g/mol. The molecule has 1 aliphatic rings. The fourth-order valence-corrected chi connectivity index (χ4v) is 3.01. The van der Waals surface area contributed by atoms with Gasteiger partial charge in [-0.1, -0.05) is 11.4 Å². The summed E-state index contributed by atoms with van der Waals surface area (Å²) in [7, 11) is 4.27. The fourth-order valence-electron chi connectivity index (χ4n) is 2.41. The topological polar surface area (TPSA) is 47.5 Å². The highest BCUT2D eigenvalue weighted by Crippen LogP contribution is 2.19. The van der Waals surface area contributed by atoms with Crippen molar-refractivity contribution in [1.29, 1.82) is 0 Å². The number of likely N-dealkylation sites (N-methyl/N-ethyl adjacent to an activating group) is 1. The van der Waals surface area contributed by atoms with Gasteiger partial charge in [-0.05, 0) is 20.5 Å². The molecule has 0 spiro atoms. The molecule has 1 aromatic heterocycles. The lowest BCUT2D eigenvalue weighted by atomic mass is 10.3. The van der Waals surface area contributed by atoms with E-state index in [-0.39, 0.29) is 0 Å². The van der Waals surface area contributed by atoms with E-state index in [1.165, 1.54) is 18.1 Å². The number of rotatable bonds is 8. The van der Waals surface area contributed by atoms with Crippen molar-refractivity contribution >= 4 is 16.5 Å². The van der Waals surface area contributed by atoms with E-state index in [0.29, 0.717) is 0 Å². The number of anilines is 1. The minimum atomic E-state index is 0.921. The van der Waals surface area contributed by atoms with Crippen LogP contribution in [0.3, 0.4) is 0 Å². The van der Waals surface area contributed by atoms with Gasteiger partial charge in [-0.15, -0.1) is 5.10 Å². The van der Waals surface area contributed by atoms with Crippen molar-refractivity contribution in [3.05, 3.63) is 5.69 Å². The van der Waals surface area contributed by atoms with Gasteiger partial charge in [-0.25, -0.2) is 0 Å². The van der Waals surface area contributed by atoms with Crippen LogP contribution in [0.1, 0.15) is 19.0 Å². The Balaban J connectivity index is 1.74. The van der Waals surface area contributed by atoms with Crippen LogP contribution in [-0.4, -0.2) is 84.2 Å². The summed E-state index contributed by atoms with van der Waals surface area (Å²) in [6, 6.07) is 0. The molecule has 120 valence electrons. The summed E-state index contributed by atoms with van der Waals surface area (Å²) in [6.45, 7) is 11.0. The maximum absolute atomic E-state index is 4.29. The first-order chi connectivity index (χ1) is 10.2. The van der Waals surface area contributed by atoms with Gasteiger partial charge in [-0.2, -0.15) is 0 Å². The average Bonchev–Trinajstić information content (AvgIpc) is 2.91. The van der Waals surface area contributed by atoms with Crippen LogP contribution < -0.4 is 5.32 Å². The molecule has 1 fully saturated rings. The fraction of sp³-hybridized carbons (Fsp3) is 0.857. The van der Waals surface area contributed by atoms with E-state index in [9.17, 15) is 0 Å².